The fourth-order valence-corrected chi connectivity index (χ4v) is 2.26. The first-order valence-corrected chi connectivity index (χ1v) is 6.73. The van der Waals surface area contributed by atoms with E-state index in [4.69, 9.17) is 0 Å². The van der Waals surface area contributed by atoms with E-state index in [9.17, 15) is 4.79 Å². The van der Waals surface area contributed by atoms with Gasteiger partial charge in [0.1, 0.15) is 0 Å². The third-order valence-electron chi connectivity index (χ3n) is 3.62. The quantitative estimate of drug-likeness (QED) is 0.739. The summed E-state index contributed by atoms with van der Waals surface area (Å²) in [6.07, 6.45) is 0.800. The highest BCUT2D eigenvalue weighted by Crippen LogP contribution is 2.17. The molecule has 0 bridgehead atoms. The number of carbonyl (C=O) groups is 1. The van der Waals surface area contributed by atoms with Crippen LogP contribution in [0.15, 0.2) is 48.5 Å². The van der Waals surface area contributed by atoms with Gasteiger partial charge in [0.15, 0.2) is 5.78 Å². The van der Waals surface area contributed by atoms with Gasteiger partial charge in [-0.15, -0.1) is 0 Å². The van der Waals surface area contributed by atoms with E-state index in [1.54, 1.807) is 0 Å². The molecule has 1 heteroatoms. The van der Waals surface area contributed by atoms with Crippen molar-refractivity contribution in [1.82, 2.24) is 0 Å². The van der Waals surface area contributed by atoms with Gasteiger partial charge in [0, 0.05) is 11.5 Å². The minimum absolute atomic E-state index is 0.0181. The van der Waals surface area contributed by atoms with Crippen molar-refractivity contribution in [2.75, 3.05) is 0 Å². The lowest BCUT2D eigenvalue weighted by Gasteiger charge is -2.12. The molecular formula is C18H20O. The van der Waals surface area contributed by atoms with E-state index in [2.05, 4.69) is 32.0 Å². The number of benzene rings is 2. The molecule has 1 unspecified atom stereocenters. The lowest BCUT2D eigenvalue weighted by Crippen LogP contribution is -2.14. The summed E-state index contributed by atoms with van der Waals surface area (Å²) in [6.45, 7) is 6.23. The smallest absolute Gasteiger partial charge is 0.165 e. The first-order valence-electron chi connectivity index (χ1n) is 6.73. The van der Waals surface area contributed by atoms with Gasteiger partial charge in [-0.1, -0.05) is 55.5 Å². The Morgan fingerprint density at radius 3 is 2.32 bits per heavy atom. The summed E-state index contributed by atoms with van der Waals surface area (Å²) in [7, 11) is 0. The molecule has 0 heterocycles. The largest absolute Gasteiger partial charge is 0.294 e. The Balaban J connectivity index is 2.10. The van der Waals surface area contributed by atoms with Crippen molar-refractivity contribution in [1.29, 1.82) is 0 Å². The van der Waals surface area contributed by atoms with Gasteiger partial charge in [0.25, 0.3) is 0 Å². The Hall–Kier alpha value is -1.89. The summed E-state index contributed by atoms with van der Waals surface area (Å²) < 4.78 is 0. The molecule has 0 radical (unpaired) electrons. The Labute approximate surface area is 115 Å². The van der Waals surface area contributed by atoms with Gasteiger partial charge >= 0.3 is 0 Å². The molecule has 0 aliphatic heterocycles. The van der Waals surface area contributed by atoms with E-state index < -0.39 is 0 Å². The number of Topliss-reactive ketones (excluding diaryl/α,β-unsaturated/α-hetero) is 1. The monoisotopic (exact) mass is 252 g/mol. The van der Waals surface area contributed by atoms with Gasteiger partial charge in [0.2, 0.25) is 0 Å². The van der Waals surface area contributed by atoms with Crippen LogP contribution in [0.5, 0.6) is 0 Å². The van der Waals surface area contributed by atoms with Crippen LogP contribution in [0.1, 0.15) is 34.0 Å². The average Bonchev–Trinajstić information content (AvgIpc) is 2.43. The fraction of sp³-hybridized carbons (Fsp3) is 0.278. The zero-order valence-corrected chi connectivity index (χ0v) is 11.8. The van der Waals surface area contributed by atoms with Crippen LogP contribution in [-0.4, -0.2) is 5.78 Å². The molecule has 2 aromatic carbocycles. The molecule has 0 aliphatic carbocycles. The standard InChI is InChI=1S/C18H20O/c1-13-9-10-16(11-14(13)2)12-15(3)18(19)17-7-5-4-6-8-17/h4-11,15H,12H2,1-3H3. The predicted molar refractivity (Wildman–Crippen MR) is 79.6 cm³/mol. The summed E-state index contributed by atoms with van der Waals surface area (Å²) in [5, 5.41) is 0. The minimum atomic E-state index is 0.0181. The molecule has 0 aromatic heterocycles. The van der Waals surface area contributed by atoms with E-state index in [-0.39, 0.29) is 11.7 Å². The zero-order chi connectivity index (χ0) is 13.8. The molecule has 98 valence electrons. The maximum atomic E-state index is 12.3. The molecule has 0 saturated heterocycles. The van der Waals surface area contributed by atoms with Crippen molar-refractivity contribution in [2.24, 2.45) is 5.92 Å². The van der Waals surface area contributed by atoms with Crippen molar-refractivity contribution in [2.45, 2.75) is 27.2 Å². The molecule has 1 atom stereocenters. The van der Waals surface area contributed by atoms with Crippen molar-refractivity contribution in [3.05, 3.63) is 70.8 Å². The number of rotatable bonds is 4. The third kappa shape index (κ3) is 3.31. The van der Waals surface area contributed by atoms with E-state index in [1.807, 2.05) is 37.3 Å². The second kappa shape index (κ2) is 5.83. The van der Waals surface area contributed by atoms with Gasteiger partial charge in [-0.2, -0.15) is 0 Å². The van der Waals surface area contributed by atoms with Crippen LogP contribution < -0.4 is 0 Å². The van der Waals surface area contributed by atoms with Crippen molar-refractivity contribution in [3.63, 3.8) is 0 Å². The number of hydrogen-bond donors (Lipinski definition) is 0. The Morgan fingerprint density at radius 2 is 1.68 bits per heavy atom. The first kappa shape index (κ1) is 13.5. The molecule has 0 saturated carbocycles. The molecule has 0 fully saturated rings. The summed E-state index contributed by atoms with van der Waals surface area (Å²) >= 11 is 0. The van der Waals surface area contributed by atoms with Crippen LogP contribution >= 0.6 is 0 Å². The normalized spacial score (nSPS) is 12.2. The predicted octanol–water partition coefficient (Wildman–Crippen LogP) is 4.36. The Bertz CT molecular complexity index is 569. The molecule has 0 amide bonds. The second-order valence-electron chi connectivity index (χ2n) is 5.25. The zero-order valence-electron chi connectivity index (χ0n) is 11.8. The number of hydrogen-bond acceptors (Lipinski definition) is 1. The molecule has 0 N–H and O–H groups in total. The Kier molecular flexibility index (Phi) is 4.16. The molecule has 19 heavy (non-hydrogen) atoms. The molecule has 0 spiro atoms. The van der Waals surface area contributed by atoms with Crippen LogP contribution in [0.3, 0.4) is 0 Å². The highest BCUT2D eigenvalue weighted by atomic mass is 16.1. The molecule has 2 rings (SSSR count). The van der Waals surface area contributed by atoms with Gasteiger partial charge in [0.05, 0.1) is 0 Å². The molecule has 1 nitrogen and oxygen atoms in total. The third-order valence-corrected chi connectivity index (χ3v) is 3.62. The number of ketones is 1. The van der Waals surface area contributed by atoms with Crippen LogP contribution in [0, 0.1) is 19.8 Å². The second-order valence-corrected chi connectivity index (χ2v) is 5.25. The van der Waals surface area contributed by atoms with Crippen molar-refractivity contribution < 1.29 is 4.79 Å². The van der Waals surface area contributed by atoms with E-state index in [0.717, 1.165) is 12.0 Å². The van der Waals surface area contributed by atoms with E-state index >= 15 is 0 Å². The van der Waals surface area contributed by atoms with Gasteiger partial charge in [-0.05, 0) is 37.0 Å². The first-order chi connectivity index (χ1) is 9.08. The van der Waals surface area contributed by atoms with Crippen molar-refractivity contribution in [3.8, 4) is 0 Å². The summed E-state index contributed by atoms with van der Waals surface area (Å²) in [5.41, 5.74) is 4.63. The lowest BCUT2D eigenvalue weighted by molar-refractivity contribution is 0.0929. The summed E-state index contributed by atoms with van der Waals surface area (Å²) in [4.78, 5) is 12.3. The molecule has 2 aromatic rings. The van der Waals surface area contributed by atoms with Crippen LogP contribution in [0.4, 0.5) is 0 Å². The minimum Gasteiger partial charge on any atom is -0.294 e. The van der Waals surface area contributed by atoms with E-state index in [1.165, 1.54) is 16.7 Å². The summed E-state index contributed by atoms with van der Waals surface area (Å²) in [5.74, 6) is 0.239. The maximum absolute atomic E-state index is 12.3. The maximum Gasteiger partial charge on any atom is 0.165 e. The highest BCUT2D eigenvalue weighted by Gasteiger charge is 2.15. The van der Waals surface area contributed by atoms with Crippen LogP contribution in [0.2, 0.25) is 0 Å². The topological polar surface area (TPSA) is 17.1 Å². The summed E-state index contributed by atoms with van der Waals surface area (Å²) in [6, 6.07) is 16.0. The van der Waals surface area contributed by atoms with Crippen LogP contribution in [0.25, 0.3) is 0 Å². The number of carbonyl (C=O) groups excluding carboxylic acids is 1. The van der Waals surface area contributed by atoms with Crippen LogP contribution in [-0.2, 0) is 6.42 Å². The van der Waals surface area contributed by atoms with Crippen molar-refractivity contribution >= 4 is 5.78 Å². The average molecular weight is 252 g/mol. The van der Waals surface area contributed by atoms with E-state index in [0.29, 0.717) is 0 Å². The molecule has 0 aliphatic rings. The number of aryl methyl sites for hydroxylation is 2. The lowest BCUT2D eigenvalue weighted by atomic mass is 9.92. The highest BCUT2D eigenvalue weighted by molar-refractivity contribution is 5.97. The van der Waals surface area contributed by atoms with Gasteiger partial charge in [-0.25, -0.2) is 0 Å². The van der Waals surface area contributed by atoms with Gasteiger partial charge < -0.3 is 0 Å². The fourth-order valence-electron chi connectivity index (χ4n) is 2.26. The SMILES string of the molecule is Cc1ccc(CC(C)C(=O)c2ccccc2)cc1C. The van der Waals surface area contributed by atoms with Gasteiger partial charge in [-0.3, -0.25) is 4.79 Å². The Morgan fingerprint density at radius 1 is 1.00 bits per heavy atom. The molecular weight excluding hydrogens is 232 g/mol.